The van der Waals surface area contributed by atoms with Crippen LogP contribution in [0, 0.1) is 0 Å². The van der Waals surface area contributed by atoms with Crippen molar-refractivity contribution in [1.82, 2.24) is 10.9 Å². The van der Waals surface area contributed by atoms with Crippen molar-refractivity contribution < 1.29 is 0 Å². The van der Waals surface area contributed by atoms with Crippen LogP contribution in [-0.2, 0) is 0 Å². The van der Waals surface area contributed by atoms with Crippen molar-refractivity contribution >= 4 is 0 Å². The van der Waals surface area contributed by atoms with Gasteiger partial charge in [0.1, 0.15) is 0 Å². The van der Waals surface area contributed by atoms with Crippen molar-refractivity contribution in [2.24, 2.45) is 0 Å². The Bertz CT molecular complexity index is 331. The Morgan fingerprint density at radius 2 is 0.875 bits per heavy atom. The number of hydrogen-bond donors (Lipinski definition) is 2. The summed E-state index contributed by atoms with van der Waals surface area (Å²) in [5.41, 5.74) is 7.91. The molecule has 0 radical (unpaired) electrons. The van der Waals surface area contributed by atoms with E-state index in [2.05, 4.69) is 59.4 Å². The summed E-state index contributed by atoms with van der Waals surface area (Å²) < 4.78 is 0. The molecule has 0 unspecified atom stereocenters. The van der Waals surface area contributed by atoms with Gasteiger partial charge in [0.05, 0.1) is 0 Å². The second-order valence-corrected chi connectivity index (χ2v) is 3.23. The van der Waals surface area contributed by atoms with E-state index in [9.17, 15) is 0 Å². The van der Waals surface area contributed by atoms with E-state index in [1.165, 1.54) is 11.1 Å². The molecule has 0 fully saturated rings. The third-order valence-corrected chi connectivity index (χ3v) is 2.13. The molecule has 0 aliphatic heterocycles. The highest BCUT2D eigenvalue weighted by atomic mass is 15.3. The van der Waals surface area contributed by atoms with Gasteiger partial charge in [-0.1, -0.05) is 60.7 Å². The van der Waals surface area contributed by atoms with Crippen LogP contribution in [0.2, 0.25) is 0 Å². The SMILES string of the molecule is CNNC.c1ccc(-c2ccccc2)cc1. The predicted molar refractivity (Wildman–Crippen MR) is 70.0 cm³/mol. The van der Waals surface area contributed by atoms with Gasteiger partial charge in [-0.15, -0.1) is 0 Å². The summed E-state index contributed by atoms with van der Waals surface area (Å²) in [6.07, 6.45) is 0. The van der Waals surface area contributed by atoms with Crippen molar-refractivity contribution in [3.05, 3.63) is 60.7 Å². The first-order chi connectivity index (χ1) is 7.88. The molecule has 0 atom stereocenters. The molecule has 0 amide bonds. The minimum atomic E-state index is 1.28. The summed E-state index contributed by atoms with van der Waals surface area (Å²) in [6.45, 7) is 0. The molecule has 0 aliphatic carbocycles. The fourth-order valence-corrected chi connectivity index (χ4v) is 1.26. The molecule has 0 heterocycles. The Morgan fingerprint density at radius 1 is 0.562 bits per heavy atom. The van der Waals surface area contributed by atoms with Crippen LogP contribution in [0.5, 0.6) is 0 Å². The Labute approximate surface area is 97.3 Å². The zero-order valence-corrected chi connectivity index (χ0v) is 9.77. The lowest BCUT2D eigenvalue weighted by atomic mass is 10.1. The molecular formula is C14H18N2. The largest absolute Gasteiger partial charge is 0.261 e. The third-order valence-electron chi connectivity index (χ3n) is 2.13. The van der Waals surface area contributed by atoms with Gasteiger partial charge >= 0.3 is 0 Å². The van der Waals surface area contributed by atoms with Gasteiger partial charge in [-0.3, -0.25) is 10.9 Å². The molecule has 84 valence electrons. The number of hydrazine groups is 1. The number of hydrogen-bond acceptors (Lipinski definition) is 2. The first kappa shape index (κ1) is 12.4. The number of nitrogens with one attached hydrogen (secondary N) is 2. The standard InChI is InChI=1S/C12H10.C2H8N2/c1-3-7-11(8-4-1)12-9-5-2-6-10-12;1-3-4-2/h1-10H;3-4H,1-2H3. The average molecular weight is 214 g/mol. The molecule has 2 aromatic carbocycles. The number of benzene rings is 2. The molecule has 0 saturated heterocycles. The van der Waals surface area contributed by atoms with Crippen molar-refractivity contribution in [1.29, 1.82) is 0 Å². The molecule has 2 rings (SSSR count). The van der Waals surface area contributed by atoms with Crippen molar-refractivity contribution in [3.8, 4) is 11.1 Å². The molecule has 2 heteroatoms. The fourth-order valence-electron chi connectivity index (χ4n) is 1.26. The molecular weight excluding hydrogens is 196 g/mol. The van der Waals surface area contributed by atoms with Gasteiger partial charge in [0.15, 0.2) is 0 Å². The lowest BCUT2D eigenvalue weighted by Crippen LogP contribution is -2.21. The van der Waals surface area contributed by atoms with Crippen molar-refractivity contribution in [2.45, 2.75) is 0 Å². The van der Waals surface area contributed by atoms with Crippen LogP contribution in [0.15, 0.2) is 60.7 Å². The van der Waals surface area contributed by atoms with Gasteiger partial charge < -0.3 is 0 Å². The topological polar surface area (TPSA) is 24.1 Å². The molecule has 16 heavy (non-hydrogen) atoms. The summed E-state index contributed by atoms with van der Waals surface area (Å²) in [4.78, 5) is 0. The maximum Gasteiger partial charge on any atom is -0.00150 e. The Balaban J connectivity index is 0.000000280. The lowest BCUT2D eigenvalue weighted by molar-refractivity contribution is 0.689. The summed E-state index contributed by atoms with van der Waals surface area (Å²) in [7, 11) is 3.64. The normalized spacial score (nSPS) is 9.12. The van der Waals surface area contributed by atoms with Crippen molar-refractivity contribution in [3.63, 3.8) is 0 Å². The van der Waals surface area contributed by atoms with Crippen LogP contribution >= 0.6 is 0 Å². The van der Waals surface area contributed by atoms with E-state index in [4.69, 9.17) is 0 Å². The second-order valence-electron chi connectivity index (χ2n) is 3.23. The van der Waals surface area contributed by atoms with Crippen LogP contribution in [-0.4, -0.2) is 14.1 Å². The van der Waals surface area contributed by atoms with Crippen LogP contribution in [0.4, 0.5) is 0 Å². The predicted octanol–water partition coefficient (Wildman–Crippen LogP) is 2.69. The molecule has 0 aliphatic rings. The van der Waals surface area contributed by atoms with Gasteiger partial charge in [0, 0.05) is 0 Å². The van der Waals surface area contributed by atoms with Crippen LogP contribution < -0.4 is 10.9 Å². The second kappa shape index (κ2) is 7.63. The first-order valence-electron chi connectivity index (χ1n) is 5.32. The smallest absolute Gasteiger partial charge is 0.00150 e. The van der Waals surface area contributed by atoms with Crippen molar-refractivity contribution in [2.75, 3.05) is 14.1 Å². The maximum atomic E-state index is 2.68. The minimum Gasteiger partial charge on any atom is -0.261 e. The van der Waals surface area contributed by atoms with Gasteiger partial charge in [-0.2, -0.15) is 0 Å². The summed E-state index contributed by atoms with van der Waals surface area (Å²) in [5, 5.41) is 0. The molecule has 0 saturated carbocycles. The average Bonchev–Trinajstić information content (AvgIpc) is 2.41. The highest BCUT2D eigenvalue weighted by Crippen LogP contribution is 2.17. The molecule has 2 N–H and O–H groups in total. The van der Waals surface area contributed by atoms with Gasteiger partial charge in [-0.05, 0) is 25.2 Å². The summed E-state index contributed by atoms with van der Waals surface area (Å²) in [6, 6.07) is 20.8. The molecule has 2 aromatic rings. The summed E-state index contributed by atoms with van der Waals surface area (Å²) in [5.74, 6) is 0. The Hall–Kier alpha value is -1.64. The quantitative estimate of drug-likeness (QED) is 0.751. The molecule has 0 aromatic heterocycles. The summed E-state index contributed by atoms with van der Waals surface area (Å²) >= 11 is 0. The Morgan fingerprint density at radius 3 is 1.12 bits per heavy atom. The van der Waals surface area contributed by atoms with E-state index in [1.807, 2.05) is 26.2 Å². The first-order valence-corrected chi connectivity index (χ1v) is 5.32. The van der Waals surface area contributed by atoms with E-state index in [-0.39, 0.29) is 0 Å². The zero-order chi connectivity index (χ0) is 11.6. The Kier molecular flexibility index (Phi) is 5.92. The van der Waals surface area contributed by atoms with Crippen LogP contribution in [0.3, 0.4) is 0 Å². The van der Waals surface area contributed by atoms with E-state index < -0.39 is 0 Å². The van der Waals surface area contributed by atoms with Crippen LogP contribution in [0.1, 0.15) is 0 Å². The minimum absolute atomic E-state index is 1.28. The van der Waals surface area contributed by atoms with E-state index in [0.29, 0.717) is 0 Å². The molecule has 0 bridgehead atoms. The highest BCUT2D eigenvalue weighted by Gasteiger charge is 1.91. The molecule has 2 nitrogen and oxygen atoms in total. The van der Waals surface area contributed by atoms with Gasteiger partial charge in [0.25, 0.3) is 0 Å². The molecule has 0 spiro atoms. The van der Waals surface area contributed by atoms with E-state index in [0.717, 1.165) is 0 Å². The monoisotopic (exact) mass is 214 g/mol. The maximum absolute atomic E-state index is 2.68. The highest BCUT2D eigenvalue weighted by molar-refractivity contribution is 5.62. The van der Waals surface area contributed by atoms with Crippen LogP contribution in [0.25, 0.3) is 11.1 Å². The lowest BCUT2D eigenvalue weighted by Gasteiger charge is -1.98. The fraction of sp³-hybridized carbons (Fsp3) is 0.143. The van der Waals surface area contributed by atoms with E-state index in [1.54, 1.807) is 0 Å². The third kappa shape index (κ3) is 4.26. The van der Waals surface area contributed by atoms with E-state index >= 15 is 0 Å². The number of rotatable bonds is 2. The zero-order valence-electron chi connectivity index (χ0n) is 9.77. The van der Waals surface area contributed by atoms with Gasteiger partial charge in [0.2, 0.25) is 0 Å². The van der Waals surface area contributed by atoms with Gasteiger partial charge in [-0.25, -0.2) is 0 Å².